The van der Waals surface area contributed by atoms with Crippen LogP contribution < -0.4 is 10.2 Å². The van der Waals surface area contributed by atoms with Crippen LogP contribution in [0.5, 0.6) is 0 Å². The van der Waals surface area contributed by atoms with E-state index in [2.05, 4.69) is 55.3 Å². The highest BCUT2D eigenvalue weighted by atomic mass is 16.5. The summed E-state index contributed by atoms with van der Waals surface area (Å²) in [6.45, 7) is 10.6. The fourth-order valence-corrected chi connectivity index (χ4v) is 2.99. The Morgan fingerprint density at radius 3 is 2.80 bits per heavy atom. The van der Waals surface area contributed by atoms with Crippen LogP contribution >= 0.6 is 0 Å². The fourth-order valence-electron chi connectivity index (χ4n) is 2.99. The van der Waals surface area contributed by atoms with Crippen LogP contribution in [0.1, 0.15) is 45.2 Å². The molecule has 1 saturated heterocycles. The third-order valence-electron chi connectivity index (χ3n) is 4.08. The Kier molecular flexibility index (Phi) is 5.86. The van der Waals surface area contributed by atoms with Gasteiger partial charge < -0.3 is 15.0 Å². The molecule has 0 bridgehead atoms. The average Bonchev–Trinajstić information content (AvgIpc) is 2.98. The van der Waals surface area contributed by atoms with Crippen LogP contribution in [0.3, 0.4) is 0 Å². The minimum atomic E-state index is 0.384. The van der Waals surface area contributed by atoms with Crippen molar-refractivity contribution < 1.29 is 4.74 Å². The van der Waals surface area contributed by atoms with Crippen LogP contribution in [0.4, 0.5) is 5.69 Å². The number of hydrogen-bond acceptors (Lipinski definition) is 3. The Labute approximate surface area is 123 Å². The molecule has 1 aliphatic rings. The van der Waals surface area contributed by atoms with Crippen molar-refractivity contribution in [2.45, 2.75) is 45.8 Å². The van der Waals surface area contributed by atoms with Crippen LogP contribution in [0.15, 0.2) is 24.3 Å². The number of para-hydroxylation sites is 1. The van der Waals surface area contributed by atoms with Crippen molar-refractivity contribution in [2.75, 3.05) is 31.1 Å². The van der Waals surface area contributed by atoms with E-state index in [1.54, 1.807) is 0 Å². The summed E-state index contributed by atoms with van der Waals surface area (Å²) < 4.78 is 5.80. The Balaban J connectivity index is 2.15. The maximum atomic E-state index is 5.80. The lowest BCUT2D eigenvalue weighted by atomic mass is 10.0. The second-order valence-corrected chi connectivity index (χ2v) is 5.51. The number of hydrogen-bond donors (Lipinski definition) is 1. The number of ether oxygens (including phenoxy) is 1. The van der Waals surface area contributed by atoms with E-state index in [0.717, 1.165) is 26.2 Å². The van der Waals surface area contributed by atoms with E-state index in [9.17, 15) is 0 Å². The molecule has 1 aliphatic heterocycles. The number of nitrogens with zero attached hydrogens (tertiary/aromatic N) is 1. The van der Waals surface area contributed by atoms with Crippen LogP contribution in [0, 0.1) is 0 Å². The first-order valence-electron chi connectivity index (χ1n) is 7.95. The fraction of sp³-hybridized carbons (Fsp3) is 0.647. The first kappa shape index (κ1) is 15.3. The second-order valence-electron chi connectivity index (χ2n) is 5.51. The molecule has 1 aromatic rings. The highest BCUT2D eigenvalue weighted by molar-refractivity contribution is 5.55. The summed E-state index contributed by atoms with van der Waals surface area (Å²) in [5, 5.41) is 3.52. The number of benzene rings is 1. The molecule has 1 aromatic carbocycles. The van der Waals surface area contributed by atoms with E-state index in [0.29, 0.717) is 12.1 Å². The summed E-state index contributed by atoms with van der Waals surface area (Å²) in [5.74, 6) is 0. The van der Waals surface area contributed by atoms with Crippen molar-refractivity contribution >= 4 is 5.69 Å². The molecule has 0 amide bonds. The molecule has 0 saturated carbocycles. The van der Waals surface area contributed by atoms with Crippen molar-refractivity contribution in [3.05, 3.63) is 29.8 Å². The molecule has 20 heavy (non-hydrogen) atoms. The maximum absolute atomic E-state index is 5.80. The van der Waals surface area contributed by atoms with Crippen LogP contribution in [-0.2, 0) is 4.74 Å². The van der Waals surface area contributed by atoms with E-state index in [-0.39, 0.29) is 0 Å². The van der Waals surface area contributed by atoms with E-state index in [1.807, 2.05) is 0 Å². The first-order chi connectivity index (χ1) is 9.76. The predicted octanol–water partition coefficient (Wildman–Crippen LogP) is 3.36. The zero-order valence-electron chi connectivity index (χ0n) is 13.1. The molecule has 3 nitrogen and oxygen atoms in total. The van der Waals surface area contributed by atoms with E-state index in [4.69, 9.17) is 4.74 Å². The van der Waals surface area contributed by atoms with Gasteiger partial charge in [-0.05, 0) is 44.9 Å². The lowest BCUT2D eigenvalue weighted by molar-refractivity contribution is 0.115. The van der Waals surface area contributed by atoms with Gasteiger partial charge in [-0.25, -0.2) is 0 Å². The van der Waals surface area contributed by atoms with Gasteiger partial charge in [0, 0.05) is 31.4 Å². The van der Waals surface area contributed by atoms with Crippen LogP contribution in [-0.4, -0.2) is 32.3 Å². The molecule has 1 fully saturated rings. The van der Waals surface area contributed by atoms with E-state index >= 15 is 0 Å². The van der Waals surface area contributed by atoms with Crippen molar-refractivity contribution in [3.8, 4) is 0 Å². The zero-order chi connectivity index (χ0) is 14.4. The second kappa shape index (κ2) is 7.65. The Morgan fingerprint density at radius 1 is 1.35 bits per heavy atom. The third kappa shape index (κ3) is 3.74. The lowest BCUT2D eigenvalue weighted by Gasteiger charge is -2.30. The molecule has 0 aromatic heterocycles. The Hall–Kier alpha value is -1.06. The van der Waals surface area contributed by atoms with Gasteiger partial charge in [-0.15, -0.1) is 0 Å². The Morgan fingerprint density at radius 2 is 2.15 bits per heavy atom. The van der Waals surface area contributed by atoms with Crippen molar-refractivity contribution in [2.24, 2.45) is 0 Å². The molecule has 2 rings (SSSR count). The van der Waals surface area contributed by atoms with Crippen molar-refractivity contribution in [3.63, 3.8) is 0 Å². The molecule has 112 valence electrons. The normalized spacial score (nSPS) is 20.1. The summed E-state index contributed by atoms with van der Waals surface area (Å²) >= 11 is 0. The van der Waals surface area contributed by atoms with Gasteiger partial charge in [0.1, 0.15) is 0 Å². The minimum Gasteiger partial charge on any atom is -0.376 e. The monoisotopic (exact) mass is 276 g/mol. The molecule has 1 heterocycles. The zero-order valence-corrected chi connectivity index (χ0v) is 13.1. The molecule has 3 heteroatoms. The molecule has 2 unspecified atom stereocenters. The topological polar surface area (TPSA) is 24.5 Å². The van der Waals surface area contributed by atoms with Gasteiger partial charge in [0.25, 0.3) is 0 Å². The highest BCUT2D eigenvalue weighted by Crippen LogP contribution is 2.27. The van der Waals surface area contributed by atoms with Gasteiger partial charge in [-0.2, -0.15) is 0 Å². The average molecular weight is 276 g/mol. The van der Waals surface area contributed by atoms with Crippen LogP contribution in [0.2, 0.25) is 0 Å². The smallest absolute Gasteiger partial charge is 0.0750 e. The lowest BCUT2D eigenvalue weighted by Crippen LogP contribution is -2.33. The molecule has 1 N–H and O–H groups in total. The summed E-state index contributed by atoms with van der Waals surface area (Å²) in [6, 6.07) is 9.12. The van der Waals surface area contributed by atoms with Crippen LogP contribution in [0.25, 0.3) is 0 Å². The van der Waals surface area contributed by atoms with Gasteiger partial charge >= 0.3 is 0 Å². The van der Waals surface area contributed by atoms with Gasteiger partial charge in [0.2, 0.25) is 0 Å². The SMILES string of the molecule is CCNC(C)c1ccccc1N(CC)CC1CCCO1. The Bertz CT molecular complexity index is 402. The molecule has 0 radical (unpaired) electrons. The summed E-state index contributed by atoms with van der Waals surface area (Å²) in [7, 11) is 0. The molecular formula is C17H28N2O. The summed E-state index contributed by atoms with van der Waals surface area (Å²) in [6.07, 6.45) is 2.80. The predicted molar refractivity (Wildman–Crippen MR) is 85.4 cm³/mol. The van der Waals surface area contributed by atoms with E-state index in [1.165, 1.54) is 24.1 Å². The summed E-state index contributed by atoms with van der Waals surface area (Å²) in [5.41, 5.74) is 2.73. The van der Waals surface area contributed by atoms with Gasteiger partial charge in [-0.3, -0.25) is 0 Å². The quantitative estimate of drug-likeness (QED) is 0.826. The van der Waals surface area contributed by atoms with Gasteiger partial charge in [-0.1, -0.05) is 25.1 Å². The van der Waals surface area contributed by atoms with Crippen molar-refractivity contribution in [1.82, 2.24) is 5.32 Å². The number of likely N-dealkylation sites (N-methyl/N-ethyl adjacent to an activating group) is 1. The van der Waals surface area contributed by atoms with Gasteiger partial charge in [0.05, 0.1) is 6.10 Å². The highest BCUT2D eigenvalue weighted by Gasteiger charge is 2.21. The first-order valence-corrected chi connectivity index (χ1v) is 7.95. The number of nitrogens with one attached hydrogen (secondary N) is 1. The van der Waals surface area contributed by atoms with E-state index < -0.39 is 0 Å². The minimum absolute atomic E-state index is 0.384. The molecular weight excluding hydrogens is 248 g/mol. The molecule has 2 atom stereocenters. The number of anilines is 1. The summed E-state index contributed by atoms with van der Waals surface area (Å²) in [4.78, 5) is 2.46. The molecule has 0 aliphatic carbocycles. The standard InChI is InChI=1S/C17H28N2O/c1-4-18-14(3)16-10-6-7-11-17(16)19(5-2)13-15-9-8-12-20-15/h6-7,10-11,14-15,18H,4-5,8-9,12-13H2,1-3H3. The van der Waals surface area contributed by atoms with Crippen molar-refractivity contribution in [1.29, 1.82) is 0 Å². The maximum Gasteiger partial charge on any atom is 0.0750 e. The van der Waals surface area contributed by atoms with Gasteiger partial charge in [0.15, 0.2) is 0 Å². The third-order valence-corrected chi connectivity index (χ3v) is 4.08. The molecule has 0 spiro atoms. The largest absolute Gasteiger partial charge is 0.376 e. The number of rotatable bonds is 7.